The predicted molar refractivity (Wildman–Crippen MR) is 89.6 cm³/mol. The lowest BCUT2D eigenvalue weighted by Gasteiger charge is -2.11. The summed E-state index contributed by atoms with van der Waals surface area (Å²) in [6, 6.07) is 11.7. The third-order valence-corrected chi connectivity index (χ3v) is 4.35. The number of hydrogen-bond donors (Lipinski definition) is 0. The molecule has 0 aliphatic carbocycles. The number of hydrogen-bond acceptors (Lipinski definition) is 2. The largest absolute Gasteiger partial charge is 0.438 e. The summed E-state index contributed by atoms with van der Waals surface area (Å²) in [6.07, 6.45) is 0. The fraction of sp³-hybridized carbons (Fsp3) is 0.188. The molecule has 21 heavy (non-hydrogen) atoms. The van der Waals surface area contributed by atoms with Gasteiger partial charge in [0.05, 0.1) is 5.69 Å². The number of rotatable bonds is 3. The zero-order valence-corrected chi connectivity index (χ0v) is 14.1. The SMILES string of the molecule is Cc1nn(C)c(Oc2ccc(Cl)c3ccccc23)c1CBr. The first kappa shape index (κ1) is 14.4. The highest BCUT2D eigenvalue weighted by Gasteiger charge is 2.16. The van der Waals surface area contributed by atoms with Crippen molar-refractivity contribution in [1.82, 2.24) is 9.78 Å². The molecule has 3 nitrogen and oxygen atoms in total. The van der Waals surface area contributed by atoms with Crippen LogP contribution in [0.3, 0.4) is 0 Å². The first-order valence-corrected chi connectivity index (χ1v) is 8.05. The molecule has 0 N–H and O–H groups in total. The Morgan fingerprint density at radius 2 is 1.90 bits per heavy atom. The van der Waals surface area contributed by atoms with Crippen LogP contribution < -0.4 is 4.74 Å². The monoisotopic (exact) mass is 364 g/mol. The van der Waals surface area contributed by atoms with Gasteiger partial charge in [-0.3, -0.25) is 0 Å². The second-order valence-electron chi connectivity index (χ2n) is 4.82. The maximum atomic E-state index is 6.25. The van der Waals surface area contributed by atoms with E-state index < -0.39 is 0 Å². The van der Waals surface area contributed by atoms with E-state index in [1.54, 1.807) is 4.68 Å². The van der Waals surface area contributed by atoms with Crippen LogP contribution in [-0.4, -0.2) is 9.78 Å². The van der Waals surface area contributed by atoms with Gasteiger partial charge in [0, 0.05) is 33.7 Å². The van der Waals surface area contributed by atoms with Crippen LogP contribution in [0.2, 0.25) is 5.02 Å². The van der Waals surface area contributed by atoms with Crippen LogP contribution in [-0.2, 0) is 12.4 Å². The third-order valence-electron chi connectivity index (χ3n) is 3.46. The number of fused-ring (bicyclic) bond motifs is 1. The van der Waals surface area contributed by atoms with E-state index in [0.29, 0.717) is 5.33 Å². The molecule has 108 valence electrons. The van der Waals surface area contributed by atoms with Crippen LogP contribution in [0.25, 0.3) is 10.8 Å². The molecular formula is C16H14BrClN2O. The zero-order chi connectivity index (χ0) is 15.0. The summed E-state index contributed by atoms with van der Waals surface area (Å²) in [6.45, 7) is 1.98. The highest BCUT2D eigenvalue weighted by atomic mass is 79.9. The molecular weight excluding hydrogens is 352 g/mol. The average molecular weight is 366 g/mol. The van der Waals surface area contributed by atoms with E-state index in [4.69, 9.17) is 16.3 Å². The van der Waals surface area contributed by atoms with Crippen molar-refractivity contribution in [1.29, 1.82) is 0 Å². The summed E-state index contributed by atoms with van der Waals surface area (Å²) >= 11 is 9.74. The minimum absolute atomic E-state index is 0.702. The number of ether oxygens (including phenoxy) is 1. The Morgan fingerprint density at radius 1 is 1.19 bits per heavy atom. The van der Waals surface area contributed by atoms with Gasteiger partial charge in [-0.1, -0.05) is 51.8 Å². The van der Waals surface area contributed by atoms with E-state index in [9.17, 15) is 0 Å². The average Bonchev–Trinajstić information content (AvgIpc) is 2.76. The van der Waals surface area contributed by atoms with E-state index in [1.165, 1.54) is 0 Å². The Kier molecular flexibility index (Phi) is 3.91. The first-order valence-electron chi connectivity index (χ1n) is 6.55. The number of benzene rings is 2. The van der Waals surface area contributed by atoms with Gasteiger partial charge in [-0.15, -0.1) is 0 Å². The van der Waals surface area contributed by atoms with Crippen molar-refractivity contribution < 1.29 is 4.74 Å². The maximum absolute atomic E-state index is 6.25. The van der Waals surface area contributed by atoms with Crippen LogP contribution in [0.4, 0.5) is 0 Å². The molecule has 3 aromatic rings. The Morgan fingerprint density at radius 3 is 2.62 bits per heavy atom. The summed E-state index contributed by atoms with van der Waals surface area (Å²) in [4.78, 5) is 0. The van der Waals surface area contributed by atoms with Crippen LogP contribution in [0.5, 0.6) is 11.6 Å². The van der Waals surface area contributed by atoms with E-state index in [-0.39, 0.29) is 0 Å². The number of nitrogens with zero attached hydrogens (tertiary/aromatic N) is 2. The molecule has 1 heterocycles. The second kappa shape index (κ2) is 5.70. The molecule has 0 amide bonds. The van der Waals surface area contributed by atoms with Crippen molar-refractivity contribution in [2.75, 3.05) is 0 Å². The van der Waals surface area contributed by atoms with Crippen molar-refractivity contribution >= 4 is 38.3 Å². The number of aromatic nitrogens is 2. The molecule has 0 aliphatic heterocycles. The first-order chi connectivity index (χ1) is 10.1. The van der Waals surface area contributed by atoms with Gasteiger partial charge in [0.15, 0.2) is 0 Å². The van der Waals surface area contributed by atoms with Gasteiger partial charge in [0.1, 0.15) is 5.75 Å². The molecule has 0 unspecified atom stereocenters. The van der Waals surface area contributed by atoms with Crippen LogP contribution in [0.1, 0.15) is 11.3 Å². The smallest absolute Gasteiger partial charge is 0.221 e. The number of alkyl halides is 1. The lowest BCUT2D eigenvalue weighted by Crippen LogP contribution is -1.97. The van der Waals surface area contributed by atoms with E-state index in [1.807, 2.05) is 50.4 Å². The van der Waals surface area contributed by atoms with Crippen LogP contribution >= 0.6 is 27.5 Å². The van der Waals surface area contributed by atoms with E-state index in [0.717, 1.165) is 38.7 Å². The zero-order valence-electron chi connectivity index (χ0n) is 11.7. The van der Waals surface area contributed by atoms with Crippen LogP contribution in [0, 0.1) is 6.92 Å². The summed E-state index contributed by atoms with van der Waals surface area (Å²) in [7, 11) is 1.88. The molecule has 5 heteroatoms. The van der Waals surface area contributed by atoms with Gasteiger partial charge in [0.2, 0.25) is 5.88 Å². The maximum Gasteiger partial charge on any atom is 0.221 e. The molecule has 0 radical (unpaired) electrons. The van der Waals surface area contributed by atoms with Gasteiger partial charge in [0.25, 0.3) is 0 Å². The summed E-state index contributed by atoms with van der Waals surface area (Å²) in [5, 5.41) is 7.81. The standard InChI is InChI=1S/C16H14BrClN2O/c1-10-13(9-17)16(20(2)19-10)21-15-8-7-14(18)11-5-3-4-6-12(11)15/h3-8H,9H2,1-2H3. The fourth-order valence-corrected chi connectivity index (χ4v) is 3.26. The molecule has 3 rings (SSSR count). The van der Waals surface area contributed by atoms with Crippen molar-refractivity contribution in [2.45, 2.75) is 12.3 Å². The van der Waals surface area contributed by atoms with Gasteiger partial charge < -0.3 is 4.74 Å². The van der Waals surface area contributed by atoms with Crippen molar-refractivity contribution in [3.05, 3.63) is 52.7 Å². The molecule has 0 fully saturated rings. The van der Waals surface area contributed by atoms with Crippen molar-refractivity contribution in [3.8, 4) is 11.6 Å². The second-order valence-corrected chi connectivity index (χ2v) is 5.79. The predicted octanol–water partition coefficient (Wildman–Crippen LogP) is 5.22. The molecule has 1 aromatic heterocycles. The minimum Gasteiger partial charge on any atom is -0.438 e. The van der Waals surface area contributed by atoms with Gasteiger partial charge in [-0.2, -0.15) is 5.10 Å². The lowest BCUT2D eigenvalue weighted by atomic mass is 10.1. The van der Waals surface area contributed by atoms with Crippen molar-refractivity contribution in [3.63, 3.8) is 0 Å². The van der Waals surface area contributed by atoms with Crippen molar-refractivity contribution in [2.24, 2.45) is 7.05 Å². The van der Waals surface area contributed by atoms with Crippen LogP contribution in [0.15, 0.2) is 36.4 Å². The fourth-order valence-electron chi connectivity index (χ4n) is 2.39. The number of halogens is 2. The summed E-state index contributed by atoms with van der Waals surface area (Å²) in [5.74, 6) is 1.53. The van der Waals surface area contributed by atoms with Gasteiger partial charge >= 0.3 is 0 Å². The third kappa shape index (κ3) is 2.54. The highest BCUT2D eigenvalue weighted by Crippen LogP contribution is 2.36. The Balaban J connectivity index is 2.13. The number of aryl methyl sites for hydroxylation is 2. The Hall–Kier alpha value is -1.52. The van der Waals surface area contributed by atoms with Gasteiger partial charge in [-0.05, 0) is 19.1 Å². The summed E-state index contributed by atoms with van der Waals surface area (Å²) < 4.78 is 7.89. The minimum atomic E-state index is 0.702. The normalized spacial score (nSPS) is 11.0. The molecule has 0 atom stereocenters. The molecule has 2 aromatic carbocycles. The van der Waals surface area contributed by atoms with E-state index >= 15 is 0 Å². The topological polar surface area (TPSA) is 27.1 Å². The molecule has 0 saturated carbocycles. The Labute approximate surface area is 136 Å². The lowest BCUT2D eigenvalue weighted by molar-refractivity contribution is 0.432. The quantitative estimate of drug-likeness (QED) is 0.595. The highest BCUT2D eigenvalue weighted by molar-refractivity contribution is 9.08. The van der Waals surface area contributed by atoms with Gasteiger partial charge in [-0.25, -0.2) is 4.68 Å². The molecule has 0 spiro atoms. The van der Waals surface area contributed by atoms with E-state index in [2.05, 4.69) is 21.0 Å². The summed E-state index contributed by atoms with van der Waals surface area (Å²) in [5.41, 5.74) is 2.01. The molecule has 0 aliphatic rings. The molecule has 0 saturated heterocycles. The Bertz CT molecular complexity index is 813. The molecule has 0 bridgehead atoms.